The number of hydrogen-bond donors (Lipinski definition) is 2. The van der Waals surface area contributed by atoms with E-state index in [1.165, 1.54) is 13.2 Å². The first-order chi connectivity index (χ1) is 8.04. The number of hydrogen-bond acceptors (Lipinski definition) is 4. The highest BCUT2D eigenvalue weighted by atomic mass is 16.5. The number of esters is 1. The van der Waals surface area contributed by atoms with Gasteiger partial charge in [-0.1, -0.05) is 11.8 Å². The van der Waals surface area contributed by atoms with E-state index in [0.717, 1.165) is 0 Å². The molecule has 88 valence electrons. The molecule has 5 heteroatoms. The van der Waals surface area contributed by atoms with Crippen molar-refractivity contribution >= 4 is 17.6 Å². The van der Waals surface area contributed by atoms with Crippen LogP contribution in [0.15, 0.2) is 18.2 Å². The fraction of sp³-hybridized carbons (Fsp3) is 0.167. The van der Waals surface area contributed by atoms with E-state index in [4.69, 9.17) is 11.5 Å². The summed E-state index contributed by atoms with van der Waals surface area (Å²) >= 11 is 0. The third-order valence-corrected chi connectivity index (χ3v) is 1.96. The minimum Gasteiger partial charge on any atom is -0.465 e. The van der Waals surface area contributed by atoms with Crippen LogP contribution in [0.3, 0.4) is 0 Å². The summed E-state index contributed by atoms with van der Waals surface area (Å²) in [5.74, 6) is 4.27. The summed E-state index contributed by atoms with van der Waals surface area (Å²) in [5, 5.41) is 0. The van der Waals surface area contributed by atoms with Gasteiger partial charge in [-0.15, -0.1) is 0 Å². The molecular formula is C12H12N2O3. The number of carbonyl (C=O) groups excluding carboxylic acids is 2. The molecule has 0 aliphatic rings. The first kappa shape index (κ1) is 12.6. The van der Waals surface area contributed by atoms with Gasteiger partial charge in [0.15, 0.2) is 0 Å². The Morgan fingerprint density at radius 1 is 1.41 bits per heavy atom. The van der Waals surface area contributed by atoms with Crippen molar-refractivity contribution in [3.05, 3.63) is 29.3 Å². The van der Waals surface area contributed by atoms with E-state index >= 15 is 0 Å². The van der Waals surface area contributed by atoms with Gasteiger partial charge in [-0.25, -0.2) is 4.79 Å². The standard InChI is InChI=1S/C12H12N2O3/c1-17-12(16)9-5-6-10(13)8(7-9)3-2-4-11(14)15/h5-7H,4,13H2,1H3,(H2,14,15). The van der Waals surface area contributed by atoms with Gasteiger partial charge in [-0.3, -0.25) is 4.79 Å². The number of carbonyl (C=O) groups is 2. The lowest BCUT2D eigenvalue weighted by Gasteiger charge is -2.02. The average molecular weight is 232 g/mol. The molecule has 0 saturated heterocycles. The van der Waals surface area contributed by atoms with Crippen LogP contribution in [0.4, 0.5) is 5.69 Å². The van der Waals surface area contributed by atoms with E-state index in [1.54, 1.807) is 12.1 Å². The second-order valence-electron chi connectivity index (χ2n) is 3.24. The Bertz CT molecular complexity index is 512. The summed E-state index contributed by atoms with van der Waals surface area (Å²) in [4.78, 5) is 21.8. The predicted molar refractivity (Wildman–Crippen MR) is 62.9 cm³/mol. The summed E-state index contributed by atoms with van der Waals surface area (Å²) in [6.45, 7) is 0. The van der Waals surface area contributed by atoms with Gasteiger partial charge in [0.2, 0.25) is 5.91 Å². The van der Waals surface area contributed by atoms with Gasteiger partial charge in [-0.2, -0.15) is 0 Å². The number of amides is 1. The van der Waals surface area contributed by atoms with E-state index in [9.17, 15) is 9.59 Å². The molecule has 0 saturated carbocycles. The highest BCUT2D eigenvalue weighted by Crippen LogP contribution is 2.13. The van der Waals surface area contributed by atoms with Crippen LogP contribution in [0.5, 0.6) is 0 Å². The van der Waals surface area contributed by atoms with E-state index in [-0.39, 0.29) is 6.42 Å². The minimum absolute atomic E-state index is 0.0537. The number of benzene rings is 1. The molecule has 0 radical (unpaired) electrons. The predicted octanol–water partition coefficient (Wildman–Crippen LogP) is 0.282. The van der Waals surface area contributed by atoms with Crippen LogP contribution in [-0.4, -0.2) is 19.0 Å². The second-order valence-corrected chi connectivity index (χ2v) is 3.24. The van der Waals surface area contributed by atoms with Crippen LogP contribution in [0, 0.1) is 11.8 Å². The van der Waals surface area contributed by atoms with Gasteiger partial charge < -0.3 is 16.2 Å². The van der Waals surface area contributed by atoms with Gasteiger partial charge >= 0.3 is 5.97 Å². The molecule has 4 N–H and O–H groups in total. The molecule has 0 atom stereocenters. The Morgan fingerprint density at radius 3 is 2.71 bits per heavy atom. The number of ether oxygens (including phenoxy) is 1. The minimum atomic E-state index is -0.514. The molecular weight excluding hydrogens is 220 g/mol. The summed E-state index contributed by atoms with van der Waals surface area (Å²) in [5.41, 5.74) is 11.9. The molecule has 0 aromatic heterocycles. The lowest BCUT2D eigenvalue weighted by molar-refractivity contribution is -0.117. The zero-order valence-corrected chi connectivity index (χ0v) is 9.32. The topological polar surface area (TPSA) is 95.4 Å². The second kappa shape index (κ2) is 5.56. The molecule has 0 aliphatic carbocycles. The maximum atomic E-state index is 11.3. The fourth-order valence-corrected chi connectivity index (χ4v) is 1.14. The van der Waals surface area contributed by atoms with Gasteiger partial charge in [-0.05, 0) is 18.2 Å². The molecule has 0 heterocycles. The third-order valence-electron chi connectivity index (χ3n) is 1.96. The molecule has 1 aromatic rings. The average Bonchev–Trinajstić information content (AvgIpc) is 2.30. The maximum absolute atomic E-state index is 11.3. The monoisotopic (exact) mass is 232 g/mol. The van der Waals surface area contributed by atoms with Crippen LogP contribution < -0.4 is 11.5 Å². The van der Waals surface area contributed by atoms with Crippen LogP contribution in [0.25, 0.3) is 0 Å². The quantitative estimate of drug-likeness (QED) is 0.435. The smallest absolute Gasteiger partial charge is 0.337 e. The van der Waals surface area contributed by atoms with Crippen molar-refractivity contribution in [1.29, 1.82) is 0 Å². The number of anilines is 1. The van der Waals surface area contributed by atoms with Crippen molar-refractivity contribution in [2.24, 2.45) is 5.73 Å². The van der Waals surface area contributed by atoms with Gasteiger partial charge in [0.05, 0.1) is 19.1 Å². The highest BCUT2D eigenvalue weighted by Gasteiger charge is 2.06. The molecule has 0 fully saturated rings. The fourth-order valence-electron chi connectivity index (χ4n) is 1.14. The zero-order valence-electron chi connectivity index (χ0n) is 9.32. The Kier molecular flexibility index (Phi) is 4.12. The lowest BCUT2D eigenvalue weighted by atomic mass is 10.1. The van der Waals surface area contributed by atoms with E-state index in [1.807, 2.05) is 0 Å². The van der Waals surface area contributed by atoms with Gasteiger partial charge in [0.1, 0.15) is 0 Å². The Hall–Kier alpha value is -2.48. The van der Waals surface area contributed by atoms with Gasteiger partial charge in [0.25, 0.3) is 0 Å². The van der Waals surface area contributed by atoms with Crippen molar-refractivity contribution in [1.82, 2.24) is 0 Å². The molecule has 5 nitrogen and oxygen atoms in total. The number of nitrogens with two attached hydrogens (primary N) is 2. The third kappa shape index (κ3) is 3.54. The summed E-state index contributed by atoms with van der Waals surface area (Å²) in [7, 11) is 1.29. The Labute approximate surface area is 98.7 Å². The molecule has 0 unspecified atom stereocenters. The molecule has 0 spiro atoms. The van der Waals surface area contributed by atoms with Crippen LogP contribution in [0.2, 0.25) is 0 Å². The van der Waals surface area contributed by atoms with E-state index < -0.39 is 11.9 Å². The molecule has 1 amide bonds. The van der Waals surface area contributed by atoms with Crippen molar-refractivity contribution in [2.45, 2.75) is 6.42 Å². The summed E-state index contributed by atoms with van der Waals surface area (Å²) in [6, 6.07) is 4.61. The highest BCUT2D eigenvalue weighted by molar-refractivity contribution is 5.90. The lowest BCUT2D eigenvalue weighted by Crippen LogP contribution is -2.08. The Balaban J connectivity index is 3.01. The normalized spacial score (nSPS) is 9.00. The number of rotatable bonds is 2. The Morgan fingerprint density at radius 2 is 2.12 bits per heavy atom. The molecule has 17 heavy (non-hydrogen) atoms. The first-order valence-electron chi connectivity index (χ1n) is 4.79. The van der Waals surface area contributed by atoms with Crippen molar-refractivity contribution in [2.75, 3.05) is 12.8 Å². The molecule has 1 aromatic carbocycles. The number of nitrogen functional groups attached to an aromatic ring is 1. The van der Waals surface area contributed by atoms with Crippen molar-refractivity contribution < 1.29 is 14.3 Å². The molecule has 0 bridgehead atoms. The zero-order chi connectivity index (χ0) is 12.8. The first-order valence-corrected chi connectivity index (χ1v) is 4.79. The van der Waals surface area contributed by atoms with E-state index in [0.29, 0.717) is 16.8 Å². The number of primary amides is 1. The SMILES string of the molecule is COC(=O)c1ccc(N)c(C#CCC(N)=O)c1. The van der Waals surface area contributed by atoms with Crippen LogP contribution in [-0.2, 0) is 9.53 Å². The molecule has 1 rings (SSSR count). The summed E-state index contributed by atoms with van der Waals surface area (Å²) < 4.78 is 4.57. The van der Waals surface area contributed by atoms with Crippen molar-refractivity contribution in [3.8, 4) is 11.8 Å². The van der Waals surface area contributed by atoms with Crippen LogP contribution >= 0.6 is 0 Å². The maximum Gasteiger partial charge on any atom is 0.337 e. The van der Waals surface area contributed by atoms with E-state index in [2.05, 4.69) is 16.6 Å². The largest absolute Gasteiger partial charge is 0.465 e. The van der Waals surface area contributed by atoms with Crippen molar-refractivity contribution in [3.63, 3.8) is 0 Å². The number of methoxy groups -OCH3 is 1. The van der Waals surface area contributed by atoms with Gasteiger partial charge in [0, 0.05) is 11.3 Å². The van der Waals surface area contributed by atoms with Crippen LogP contribution in [0.1, 0.15) is 22.3 Å². The summed E-state index contributed by atoms with van der Waals surface area (Å²) in [6.07, 6.45) is -0.0537. The molecule has 0 aliphatic heterocycles.